The summed E-state index contributed by atoms with van der Waals surface area (Å²) in [5.41, 5.74) is 1.31. The zero-order valence-corrected chi connectivity index (χ0v) is 13.3. The van der Waals surface area contributed by atoms with E-state index in [4.69, 9.17) is 4.42 Å². The predicted molar refractivity (Wildman–Crippen MR) is 86.6 cm³/mol. The highest BCUT2D eigenvalue weighted by atomic mass is 16.3. The zero-order valence-electron chi connectivity index (χ0n) is 13.3. The molecule has 5 atom stereocenters. The number of rotatable bonds is 3. The molecular formula is C20H19NO3. The van der Waals surface area contributed by atoms with Crippen LogP contribution in [0.1, 0.15) is 30.1 Å². The summed E-state index contributed by atoms with van der Waals surface area (Å²) in [6.45, 7) is 0.271. The van der Waals surface area contributed by atoms with Gasteiger partial charge in [0.15, 0.2) is 0 Å². The van der Waals surface area contributed by atoms with Gasteiger partial charge in [-0.2, -0.15) is 0 Å². The molecule has 0 unspecified atom stereocenters. The van der Waals surface area contributed by atoms with E-state index in [2.05, 4.69) is 24.3 Å². The summed E-state index contributed by atoms with van der Waals surface area (Å²) in [6.07, 6.45) is 3.63. The Morgan fingerprint density at radius 1 is 0.958 bits per heavy atom. The standard InChI is InChI=1S/C20H19NO3/c22-19-17-13-9-15(12-5-2-1-3-6-12)16(10-13)18(17)20(23)21(19)11-14-7-4-8-24-14/h1-8,13,15-18H,9-11H2/t13-,15-,16+,17+,18-/m0/s1. The number of hydrogen-bond donors (Lipinski definition) is 0. The Bertz CT molecular complexity index is 782. The Labute approximate surface area is 140 Å². The van der Waals surface area contributed by atoms with Crippen molar-refractivity contribution in [3.05, 3.63) is 60.1 Å². The maximum atomic E-state index is 13.0. The van der Waals surface area contributed by atoms with E-state index >= 15 is 0 Å². The summed E-state index contributed by atoms with van der Waals surface area (Å²) >= 11 is 0. The molecule has 2 saturated carbocycles. The molecule has 0 spiro atoms. The maximum absolute atomic E-state index is 13.0. The van der Waals surface area contributed by atoms with E-state index in [-0.39, 0.29) is 30.2 Å². The van der Waals surface area contributed by atoms with Gasteiger partial charge in [0, 0.05) is 0 Å². The minimum atomic E-state index is -0.128. The third kappa shape index (κ3) is 1.86. The Hall–Kier alpha value is -2.36. The van der Waals surface area contributed by atoms with Crippen molar-refractivity contribution in [1.29, 1.82) is 0 Å². The van der Waals surface area contributed by atoms with Crippen LogP contribution in [-0.4, -0.2) is 16.7 Å². The van der Waals surface area contributed by atoms with Gasteiger partial charge in [0.05, 0.1) is 24.6 Å². The Balaban J connectivity index is 1.43. The van der Waals surface area contributed by atoms with Gasteiger partial charge >= 0.3 is 0 Å². The fourth-order valence-corrected chi connectivity index (χ4v) is 5.32. The maximum Gasteiger partial charge on any atom is 0.233 e. The summed E-state index contributed by atoms with van der Waals surface area (Å²) in [6, 6.07) is 14.1. The van der Waals surface area contributed by atoms with Crippen LogP contribution in [0.2, 0.25) is 0 Å². The highest BCUT2D eigenvalue weighted by Gasteiger charge is 2.63. The molecule has 122 valence electrons. The lowest BCUT2D eigenvalue weighted by atomic mass is 9.73. The number of likely N-dealkylation sites (tertiary alicyclic amines) is 1. The summed E-state index contributed by atoms with van der Waals surface area (Å²) in [7, 11) is 0. The van der Waals surface area contributed by atoms with Crippen molar-refractivity contribution in [2.45, 2.75) is 25.3 Å². The summed E-state index contributed by atoms with van der Waals surface area (Å²) in [4.78, 5) is 27.2. The number of hydrogen-bond acceptors (Lipinski definition) is 3. The van der Waals surface area contributed by atoms with Crippen LogP contribution in [0.3, 0.4) is 0 Å². The Kier molecular flexibility index (Phi) is 2.96. The summed E-state index contributed by atoms with van der Waals surface area (Å²) in [5, 5.41) is 0. The topological polar surface area (TPSA) is 50.5 Å². The monoisotopic (exact) mass is 321 g/mol. The zero-order chi connectivity index (χ0) is 16.3. The first-order chi connectivity index (χ1) is 11.7. The largest absolute Gasteiger partial charge is 0.467 e. The van der Waals surface area contributed by atoms with Gasteiger partial charge in [-0.25, -0.2) is 0 Å². The molecule has 2 bridgehead atoms. The molecule has 2 aliphatic carbocycles. The first kappa shape index (κ1) is 14.0. The predicted octanol–water partition coefficient (Wildman–Crippen LogP) is 3.20. The third-order valence-electron chi connectivity index (χ3n) is 6.23. The van der Waals surface area contributed by atoms with Gasteiger partial charge in [-0.3, -0.25) is 14.5 Å². The quantitative estimate of drug-likeness (QED) is 0.816. The first-order valence-electron chi connectivity index (χ1n) is 8.66. The lowest BCUT2D eigenvalue weighted by Crippen LogP contribution is -2.32. The minimum Gasteiger partial charge on any atom is -0.467 e. The second-order valence-corrected chi connectivity index (χ2v) is 7.31. The van der Waals surface area contributed by atoms with Gasteiger partial charge < -0.3 is 4.42 Å². The highest BCUT2D eigenvalue weighted by Crippen LogP contribution is 2.61. The van der Waals surface area contributed by atoms with Gasteiger partial charge in [0.25, 0.3) is 0 Å². The number of furan rings is 1. The van der Waals surface area contributed by atoms with Crippen LogP contribution in [0, 0.1) is 23.7 Å². The van der Waals surface area contributed by atoms with Gasteiger partial charge in [0.1, 0.15) is 5.76 Å². The molecule has 24 heavy (non-hydrogen) atoms. The third-order valence-corrected chi connectivity index (χ3v) is 6.23. The Morgan fingerprint density at radius 3 is 2.50 bits per heavy atom. The molecule has 4 nitrogen and oxygen atoms in total. The van der Waals surface area contributed by atoms with Crippen molar-refractivity contribution in [2.24, 2.45) is 23.7 Å². The first-order valence-corrected chi connectivity index (χ1v) is 8.66. The molecule has 0 radical (unpaired) electrons. The molecule has 1 aromatic heterocycles. The smallest absolute Gasteiger partial charge is 0.233 e. The van der Waals surface area contributed by atoms with Crippen LogP contribution < -0.4 is 0 Å². The van der Waals surface area contributed by atoms with Gasteiger partial charge in [-0.05, 0) is 48.3 Å². The lowest BCUT2D eigenvalue weighted by molar-refractivity contribution is -0.141. The summed E-state index contributed by atoms with van der Waals surface area (Å²) < 4.78 is 5.33. The van der Waals surface area contributed by atoms with E-state index in [0.717, 1.165) is 12.8 Å². The number of nitrogens with zero attached hydrogens (tertiary/aromatic N) is 1. The number of imide groups is 1. The van der Waals surface area contributed by atoms with Crippen molar-refractivity contribution < 1.29 is 14.0 Å². The number of carbonyl (C=O) groups is 2. The average Bonchev–Trinajstić information content (AvgIpc) is 3.37. The van der Waals surface area contributed by atoms with Crippen LogP contribution in [0.4, 0.5) is 0 Å². The number of benzene rings is 1. The van der Waals surface area contributed by atoms with Crippen molar-refractivity contribution >= 4 is 11.8 Å². The van der Waals surface area contributed by atoms with E-state index < -0.39 is 0 Å². The molecule has 1 aliphatic heterocycles. The molecular weight excluding hydrogens is 302 g/mol. The molecule has 2 amide bonds. The second-order valence-electron chi connectivity index (χ2n) is 7.31. The van der Waals surface area contributed by atoms with Crippen LogP contribution in [0.25, 0.3) is 0 Å². The molecule has 4 heteroatoms. The van der Waals surface area contributed by atoms with E-state index in [9.17, 15) is 9.59 Å². The van der Waals surface area contributed by atoms with Crippen molar-refractivity contribution in [3.8, 4) is 0 Å². The van der Waals surface area contributed by atoms with Gasteiger partial charge in [-0.1, -0.05) is 30.3 Å². The highest BCUT2D eigenvalue weighted by molar-refractivity contribution is 6.06. The molecule has 2 aromatic rings. The van der Waals surface area contributed by atoms with E-state index in [1.807, 2.05) is 12.1 Å². The normalized spacial score (nSPS) is 34.2. The molecule has 2 heterocycles. The number of carbonyl (C=O) groups excluding carboxylic acids is 2. The lowest BCUT2D eigenvalue weighted by Gasteiger charge is -2.28. The minimum absolute atomic E-state index is 0.00883. The van der Waals surface area contributed by atoms with Gasteiger partial charge in [-0.15, -0.1) is 0 Å². The molecule has 0 N–H and O–H groups in total. The Morgan fingerprint density at radius 2 is 1.75 bits per heavy atom. The molecule has 3 fully saturated rings. The van der Waals surface area contributed by atoms with Crippen LogP contribution in [0.5, 0.6) is 0 Å². The number of fused-ring (bicyclic) bond motifs is 5. The SMILES string of the molecule is O=C1[C@@H]2[C@@H]3C[C@@H]([C@@H]2C(=O)N1Cc1ccco1)[C@H](c1ccccc1)C3. The van der Waals surface area contributed by atoms with E-state index in [0.29, 0.717) is 23.5 Å². The van der Waals surface area contributed by atoms with Crippen LogP contribution >= 0.6 is 0 Å². The summed E-state index contributed by atoms with van der Waals surface area (Å²) in [5.74, 6) is 1.54. The van der Waals surface area contributed by atoms with Crippen molar-refractivity contribution in [3.63, 3.8) is 0 Å². The van der Waals surface area contributed by atoms with Gasteiger partial charge in [0.2, 0.25) is 11.8 Å². The fraction of sp³-hybridized carbons (Fsp3) is 0.400. The average molecular weight is 321 g/mol. The number of amides is 2. The molecule has 1 saturated heterocycles. The van der Waals surface area contributed by atoms with E-state index in [1.54, 1.807) is 12.3 Å². The molecule has 5 rings (SSSR count). The van der Waals surface area contributed by atoms with Crippen molar-refractivity contribution in [2.75, 3.05) is 0 Å². The molecule has 1 aromatic carbocycles. The molecule has 3 aliphatic rings. The fourth-order valence-electron chi connectivity index (χ4n) is 5.32. The van der Waals surface area contributed by atoms with E-state index in [1.165, 1.54) is 10.5 Å². The second kappa shape index (κ2) is 5.07. The van der Waals surface area contributed by atoms with Crippen LogP contribution in [-0.2, 0) is 16.1 Å². The van der Waals surface area contributed by atoms with Crippen molar-refractivity contribution in [1.82, 2.24) is 4.90 Å². The van der Waals surface area contributed by atoms with Crippen LogP contribution in [0.15, 0.2) is 53.1 Å².